The molecule has 2 aromatic rings. The Labute approximate surface area is 216 Å². The molecule has 16 heteroatoms. The molecule has 4 rings (SSSR count). The molecular weight excluding hydrogens is 542 g/mol. The van der Waals surface area contributed by atoms with Crippen molar-refractivity contribution in [1.82, 2.24) is 15.2 Å². The van der Waals surface area contributed by atoms with Crippen molar-refractivity contribution in [2.24, 2.45) is 5.16 Å². The van der Waals surface area contributed by atoms with Crippen LogP contribution in [0, 0.1) is 0 Å². The molecule has 0 aliphatic carbocycles. The van der Waals surface area contributed by atoms with Crippen molar-refractivity contribution in [2.75, 3.05) is 24.3 Å². The number of amides is 2. The highest BCUT2D eigenvalue weighted by molar-refractivity contribution is 8.14. The van der Waals surface area contributed by atoms with E-state index in [9.17, 15) is 24.3 Å². The van der Waals surface area contributed by atoms with Crippen LogP contribution in [0.1, 0.15) is 16.2 Å². The Morgan fingerprint density at radius 3 is 2.83 bits per heavy atom. The summed E-state index contributed by atoms with van der Waals surface area (Å²) in [5.74, 6) is -2.08. The van der Waals surface area contributed by atoms with Crippen molar-refractivity contribution in [3.8, 4) is 0 Å². The molecule has 0 spiro atoms. The second-order valence-corrected chi connectivity index (χ2v) is 9.81. The SMILES string of the molecule is CON=C(C(=O)N[C@@H]1C(=O)N2C(C(=O)O)=C(CSC(=O)c3ccco3)CS[C@H]12)c1csc(N)n1.Cl. The van der Waals surface area contributed by atoms with Gasteiger partial charge in [-0.3, -0.25) is 19.3 Å². The van der Waals surface area contributed by atoms with Crippen LogP contribution in [0.3, 0.4) is 0 Å². The van der Waals surface area contributed by atoms with Gasteiger partial charge in [0.2, 0.25) is 0 Å². The van der Waals surface area contributed by atoms with E-state index in [1.807, 2.05) is 0 Å². The fourth-order valence-electron chi connectivity index (χ4n) is 3.31. The van der Waals surface area contributed by atoms with Crippen molar-refractivity contribution in [3.05, 3.63) is 46.5 Å². The zero-order valence-corrected chi connectivity index (χ0v) is 21.1. The van der Waals surface area contributed by atoms with Crippen molar-refractivity contribution in [2.45, 2.75) is 11.4 Å². The number of halogens is 1. The fraction of sp³-hybridized carbons (Fsp3) is 0.263. The van der Waals surface area contributed by atoms with E-state index < -0.39 is 29.2 Å². The Morgan fingerprint density at radius 2 is 2.23 bits per heavy atom. The van der Waals surface area contributed by atoms with Crippen LogP contribution >= 0.6 is 47.3 Å². The van der Waals surface area contributed by atoms with Gasteiger partial charge in [-0.1, -0.05) is 16.9 Å². The first-order chi connectivity index (χ1) is 16.3. The van der Waals surface area contributed by atoms with E-state index in [0.717, 1.165) is 28.0 Å². The molecule has 12 nitrogen and oxygen atoms in total. The molecule has 4 N–H and O–H groups in total. The normalized spacial score (nSPS) is 19.4. The van der Waals surface area contributed by atoms with Crippen LogP contribution in [0.25, 0.3) is 0 Å². The average Bonchev–Trinajstić information content (AvgIpc) is 3.50. The van der Waals surface area contributed by atoms with Crippen molar-refractivity contribution in [3.63, 3.8) is 0 Å². The lowest BCUT2D eigenvalue weighted by atomic mass is 10.0. The monoisotopic (exact) mass is 559 g/mol. The molecule has 4 heterocycles. The average molecular weight is 560 g/mol. The molecule has 1 saturated heterocycles. The molecule has 0 unspecified atom stereocenters. The minimum absolute atomic E-state index is 0. The molecule has 0 aromatic carbocycles. The number of fused-ring (bicyclic) bond motifs is 1. The fourth-order valence-corrected chi connectivity index (χ4v) is 6.14. The van der Waals surface area contributed by atoms with Crippen LogP contribution in [0.4, 0.5) is 5.13 Å². The number of aromatic nitrogens is 1. The topological polar surface area (TPSA) is 177 Å². The standard InChI is InChI=1S/C19H17N5O7S3.ClH/c1-30-23-11(9-7-34-19(20)21-9)14(25)22-12-15(26)24-13(17(27)28)8(5-32-16(12)24)6-33-18(29)10-3-2-4-31-10;/h2-4,7,12,16H,5-6H2,1H3,(H2,20,21)(H,22,25)(H,27,28);1H/t12-,16-;/m1./s1. The van der Waals surface area contributed by atoms with Gasteiger partial charge in [-0.05, 0) is 17.7 Å². The number of β-lactam (4-membered cyclic amide) rings is 1. The number of nitrogens with one attached hydrogen (secondary N) is 1. The molecule has 1 fully saturated rings. The van der Waals surface area contributed by atoms with Gasteiger partial charge < -0.3 is 25.4 Å². The Balaban J connectivity index is 0.00000342. The Kier molecular flexibility index (Phi) is 8.47. The second kappa shape index (κ2) is 11.2. The second-order valence-electron chi connectivity index (χ2n) is 6.87. The Morgan fingerprint density at radius 1 is 1.46 bits per heavy atom. The zero-order chi connectivity index (χ0) is 24.4. The number of nitrogens with two attached hydrogens (primary N) is 1. The number of anilines is 1. The molecule has 0 radical (unpaired) electrons. The third-order valence-electron chi connectivity index (χ3n) is 4.80. The van der Waals surface area contributed by atoms with Crippen LogP contribution in [-0.2, 0) is 19.2 Å². The van der Waals surface area contributed by atoms with Crippen molar-refractivity contribution in [1.29, 1.82) is 0 Å². The van der Waals surface area contributed by atoms with Gasteiger partial charge >= 0.3 is 5.97 Å². The van der Waals surface area contributed by atoms with Gasteiger partial charge in [0.1, 0.15) is 29.9 Å². The van der Waals surface area contributed by atoms with Gasteiger partial charge in [-0.25, -0.2) is 9.78 Å². The first kappa shape index (κ1) is 26.6. The summed E-state index contributed by atoms with van der Waals surface area (Å²) in [6.07, 6.45) is 1.37. The summed E-state index contributed by atoms with van der Waals surface area (Å²) in [7, 11) is 1.26. The number of rotatable bonds is 8. The van der Waals surface area contributed by atoms with E-state index >= 15 is 0 Å². The maximum Gasteiger partial charge on any atom is 0.352 e. The van der Waals surface area contributed by atoms with Gasteiger partial charge in [-0.2, -0.15) is 0 Å². The van der Waals surface area contributed by atoms with Crippen LogP contribution in [0.15, 0.2) is 44.6 Å². The number of furan rings is 1. The minimum Gasteiger partial charge on any atom is -0.477 e. The molecule has 0 saturated carbocycles. The number of thiazole rings is 1. The van der Waals surface area contributed by atoms with Crippen LogP contribution in [-0.4, -0.2) is 73.6 Å². The molecule has 2 amide bonds. The molecular formula is C19H18ClN5O7S3. The van der Waals surface area contributed by atoms with E-state index in [-0.39, 0.29) is 57.0 Å². The predicted molar refractivity (Wildman–Crippen MR) is 133 cm³/mol. The van der Waals surface area contributed by atoms with Crippen LogP contribution < -0.4 is 11.1 Å². The highest BCUT2D eigenvalue weighted by Gasteiger charge is 2.54. The number of aliphatic carboxylic acids is 1. The molecule has 2 atom stereocenters. The van der Waals surface area contributed by atoms with Gasteiger partial charge in [0, 0.05) is 16.9 Å². The quantitative estimate of drug-likeness (QED) is 0.242. The van der Waals surface area contributed by atoms with Gasteiger partial charge in [0.15, 0.2) is 16.6 Å². The van der Waals surface area contributed by atoms with E-state index in [1.54, 1.807) is 6.07 Å². The number of nitrogens with zero attached hydrogens (tertiary/aromatic N) is 3. The lowest BCUT2D eigenvalue weighted by Gasteiger charge is -2.49. The number of carboxylic acid groups (broad SMARTS) is 1. The smallest absolute Gasteiger partial charge is 0.352 e. The minimum atomic E-state index is -1.29. The lowest BCUT2D eigenvalue weighted by Crippen LogP contribution is -2.71. The van der Waals surface area contributed by atoms with Crippen molar-refractivity contribution >= 4 is 81.0 Å². The molecule has 186 valence electrons. The number of carboxylic acids is 1. The lowest BCUT2D eigenvalue weighted by molar-refractivity contribution is -0.150. The summed E-state index contributed by atoms with van der Waals surface area (Å²) in [4.78, 5) is 59.6. The third kappa shape index (κ3) is 5.32. The van der Waals surface area contributed by atoms with Gasteiger partial charge in [-0.15, -0.1) is 35.5 Å². The predicted octanol–water partition coefficient (Wildman–Crippen LogP) is 1.40. The summed E-state index contributed by atoms with van der Waals surface area (Å²) in [6.45, 7) is 0. The summed E-state index contributed by atoms with van der Waals surface area (Å²) in [6, 6.07) is 2.13. The molecule has 2 aliphatic heterocycles. The third-order valence-corrected chi connectivity index (χ3v) is 7.77. The largest absolute Gasteiger partial charge is 0.477 e. The van der Waals surface area contributed by atoms with E-state index in [1.165, 1.54) is 36.6 Å². The molecule has 35 heavy (non-hydrogen) atoms. The van der Waals surface area contributed by atoms with Crippen molar-refractivity contribution < 1.29 is 33.5 Å². The first-order valence-corrected chi connectivity index (χ1v) is 12.5. The van der Waals surface area contributed by atoms with Crippen LogP contribution in [0.5, 0.6) is 0 Å². The maximum absolute atomic E-state index is 12.8. The molecule has 2 aliphatic rings. The highest BCUT2D eigenvalue weighted by atomic mass is 35.5. The van der Waals surface area contributed by atoms with E-state index in [0.29, 0.717) is 5.57 Å². The maximum atomic E-state index is 12.8. The number of oxime groups is 1. The van der Waals surface area contributed by atoms with E-state index in [4.69, 9.17) is 15.0 Å². The summed E-state index contributed by atoms with van der Waals surface area (Å²) >= 11 is 3.29. The number of thioether (sulfide) groups is 2. The van der Waals surface area contributed by atoms with Gasteiger partial charge in [0.25, 0.3) is 16.9 Å². The molecule has 0 bridgehead atoms. The number of nitrogen functional groups attached to an aromatic ring is 1. The zero-order valence-electron chi connectivity index (χ0n) is 17.8. The van der Waals surface area contributed by atoms with Gasteiger partial charge in [0.05, 0.1) is 6.26 Å². The summed E-state index contributed by atoms with van der Waals surface area (Å²) in [5.41, 5.74) is 5.89. The molecule has 2 aromatic heterocycles. The van der Waals surface area contributed by atoms with Crippen LogP contribution in [0.2, 0.25) is 0 Å². The number of carbonyl (C=O) groups is 4. The summed E-state index contributed by atoms with van der Waals surface area (Å²) in [5, 5.41) is 16.8. The number of carbonyl (C=O) groups excluding carboxylic acids is 3. The Hall–Kier alpha value is -3.01. The highest BCUT2D eigenvalue weighted by Crippen LogP contribution is 2.41. The number of hydrogen-bond donors (Lipinski definition) is 3. The van der Waals surface area contributed by atoms with E-state index in [2.05, 4.69) is 15.5 Å². The first-order valence-electron chi connectivity index (χ1n) is 9.55. The Bertz CT molecular complexity index is 1210. The summed E-state index contributed by atoms with van der Waals surface area (Å²) < 4.78 is 5.05. The number of hydrogen-bond acceptors (Lipinski definition) is 12.